The van der Waals surface area contributed by atoms with E-state index in [-0.39, 0.29) is 5.56 Å². The SMILES string of the molecule is Cc1sc2ncn(/N=C\c3ccc(C(C)C)cc3)c(=O)c2c1-c1ccccc1. The number of nitrogens with zero attached hydrogens (tertiary/aromatic N) is 3. The third-order valence-corrected chi connectivity index (χ3v) is 5.78. The van der Waals surface area contributed by atoms with Crippen LogP contribution < -0.4 is 5.56 Å². The Kier molecular flexibility index (Phi) is 4.92. The first-order valence-corrected chi connectivity index (χ1v) is 10.1. The first kappa shape index (κ1) is 18.3. The van der Waals surface area contributed by atoms with Gasteiger partial charge in [-0.1, -0.05) is 68.4 Å². The monoisotopic (exact) mass is 387 g/mol. The maximum Gasteiger partial charge on any atom is 0.283 e. The molecule has 0 fully saturated rings. The van der Waals surface area contributed by atoms with E-state index in [0.29, 0.717) is 11.3 Å². The van der Waals surface area contributed by atoms with Crippen molar-refractivity contribution in [2.24, 2.45) is 5.10 Å². The summed E-state index contributed by atoms with van der Waals surface area (Å²) in [4.78, 5) is 19.4. The van der Waals surface area contributed by atoms with Crippen LogP contribution in [0.2, 0.25) is 0 Å². The second-order valence-electron chi connectivity index (χ2n) is 7.04. The summed E-state index contributed by atoms with van der Waals surface area (Å²) in [5.41, 5.74) is 4.04. The van der Waals surface area contributed by atoms with Gasteiger partial charge in [0.15, 0.2) is 0 Å². The van der Waals surface area contributed by atoms with Gasteiger partial charge in [0.1, 0.15) is 11.2 Å². The molecule has 0 amide bonds. The van der Waals surface area contributed by atoms with E-state index in [0.717, 1.165) is 26.4 Å². The molecule has 0 unspecified atom stereocenters. The highest BCUT2D eigenvalue weighted by Gasteiger charge is 2.16. The fourth-order valence-corrected chi connectivity index (χ4v) is 4.23. The molecule has 0 saturated heterocycles. The quantitative estimate of drug-likeness (QED) is 0.438. The summed E-state index contributed by atoms with van der Waals surface area (Å²) in [7, 11) is 0. The minimum atomic E-state index is -0.150. The zero-order valence-electron chi connectivity index (χ0n) is 16.1. The van der Waals surface area contributed by atoms with E-state index < -0.39 is 0 Å². The van der Waals surface area contributed by atoms with Crippen molar-refractivity contribution in [1.82, 2.24) is 9.66 Å². The number of fused-ring (bicyclic) bond motifs is 1. The highest BCUT2D eigenvalue weighted by molar-refractivity contribution is 7.19. The molecule has 0 N–H and O–H groups in total. The minimum Gasteiger partial charge on any atom is -0.267 e. The lowest BCUT2D eigenvalue weighted by Crippen LogP contribution is -2.16. The van der Waals surface area contributed by atoms with Crippen LogP contribution in [0.15, 0.2) is 70.8 Å². The van der Waals surface area contributed by atoms with Gasteiger partial charge in [-0.05, 0) is 29.5 Å². The Morgan fingerprint density at radius 1 is 1.07 bits per heavy atom. The lowest BCUT2D eigenvalue weighted by Gasteiger charge is -2.05. The highest BCUT2D eigenvalue weighted by Crippen LogP contribution is 2.35. The van der Waals surface area contributed by atoms with Crippen LogP contribution in [0.5, 0.6) is 0 Å². The Bertz CT molecular complexity index is 1200. The molecule has 2 aromatic heterocycles. The molecule has 140 valence electrons. The summed E-state index contributed by atoms with van der Waals surface area (Å²) in [6.07, 6.45) is 3.19. The number of thiophene rings is 1. The van der Waals surface area contributed by atoms with Crippen LogP contribution in [0.25, 0.3) is 21.3 Å². The first-order chi connectivity index (χ1) is 13.5. The van der Waals surface area contributed by atoms with E-state index in [1.165, 1.54) is 27.9 Å². The summed E-state index contributed by atoms with van der Waals surface area (Å²) in [5.74, 6) is 0.485. The maximum atomic E-state index is 13.1. The van der Waals surface area contributed by atoms with Gasteiger partial charge in [-0.25, -0.2) is 4.98 Å². The molecule has 28 heavy (non-hydrogen) atoms. The number of benzene rings is 2. The molecule has 4 rings (SSSR count). The van der Waals surface area contributed by atoms with Gasteiger partial charge in [-0.2, -0.15) is 9.78 Å². The van der Waals surface area contributed by atoms with Crippen LogP contribution in [-0.4, -0.2) is 15.9 Å². The predicted octanol–water partition coefficient (Wildman–Crippen LogP) is 5.44. The lowest BCUT2D eigenvalue weighted by molar-refractivity contribution is 0.818. The average Bonchev–Trinajstić information content (AvgIpc) is 3.05. The van der Waals surface area contributed by atoms with Crippen molar-refractivity contribution in [3.63, 3.8) is 0 Å². The van der Waals surface area contributed by atoms with Crippen LogP contribution in [0.3, 0.4) is 0 Å². The van der Waals surface area contributed by atoms with Crippen LogP contribution in [0.1, 0.15) is 35.8 Å². The van der Waals surface area contributed by atoms with Crippen molar-refractivity contribution in [3.05, 3.63) is 87.3 Å². The molecule has 0 aliphatic heterocycles. The summed E-state index contributed by atoms with van der Waals surface area (Å²) in [5, 5.41) is 4.99. The molecule has 0 atom stereocenters. The van der Waals surface area contributed by atoms with Crippen molar-refractivity contribution < 1.29 is 0 Å². The zero-order valence-corrected chi connectivity index (χ0v) is 16.9. The van der Waals surface area contributed by atoms with Gasteiger partial charge in [0, 0.05) is 10.4 Å². The first-order valence-electron chi connectivity index (χ1n) is 9.25. The van der Waals surface area contributed by atoms with Gasteiger partial charge in [0.25, 0.3) is 5.56 Å². The summed E-state index contributed by atoms with van der Waals surface area (Å²) in [6.45, 7) is 6.35. The van der Waals surface area contributed by atoms with Gasteiger partial charge in [-0.3, -0.25) is 4.79 Å². The minimum absolute atomic E-state index is 0.150. The second kappa shape index (κ2) is 7.52. The average molecular weight is 388 g/mol. The lowest BCUT2D eigenvalue weighted by atomic mass is 10.0. The normalized spacial score (nSPS) is 11.7. The van der Waals surface area contributed by atoms with E-state index in [4.69, 9.17) is 0 Å². The van der Waals surface area contributed by atoms with Crippen molar-refractivity contribution in [3.8, 4) is 11.1 Å². The van der Waals surface area contributed by atoms with Gasteiger partial charge < -0.3 is 0 Å². The Balaban J connectivity index is 1.77. The predicted molar refractivity (Wildman–Crippen MR) is 118 cm³/mol. The zero-order chi connectivity index (χ0) is 19.7. The Morgan fingerprint density at radius 3 is 2.46 bits per heavy atom. The van der Waals surface area contributed by atoms with Crippen LogP contribution in [0, 0.1) is 6.92 Å². The van der Waals surface area contributed by atoms with Crippen molar-refractivity contribution >= 4 is 27.8 Å². The van der Waals surface area contributed by atoms with Gasteiger partial charge >= 0.3 is 0 Å². The molecule has 5 heteroatoms. The molecule has 4 aromatic rings. The summed E-state index contributed by atoms with van der Waals surface area (Å²) in [6, 6.07) is 18.2. The molecule has 0 bridgehead atoms. The maximum absolute atomic E-state index is 13.1. The molecule has 2 aromatic carbocycles. The van der Waals surface area contributed by atoms with Crippen LogP contribution in [0.4, 0.5) is 0 Å². The Morgan fingerprint density at radius 2 is 1.79 bits per heavy atom. The molecule has 2 heterocycles. The topological polar surface area (TPSA) is 47.2 Å². The van der Waals surface area contributed by atoms with Crippen molar-refractivity contribution in [2.45, 2.75) is 26.7 Å². The molecule has 0 saturated carbocycles. The fraction of sp³-hybridized carbons (Fsp3) is 0.174. The molecule has 4 nitrogen and oxygen atoms in total. The van der Waals surface area contributed by atoms with E-state index in [1.807, 2.05) is 49.4 Å². The van der Waals surface area contributed by atoms with Crippen molar-refractivity contribution in [1.29, 1.82) is 0 Å². The van der Waals surface area contributed by atoms with Gasteiger partial charge in [0.05, 0.1) is 11.6 Å². The Hall–Kier alpha value is -3.05. The second-order valence-corrected chi connectivity index (χ2v) is 8.24. The van der Waals surface area contributed by atoms with Crippen molar-refractivity contribution in [2.75, 3.05) is 0 Å². The molecular formula is C23H21N3OS. The largest absolute Gasteiger partial charge is 0.283 e. The van der Waals surface area contributed by atoms with Crippen LogP contribution in [-0.2, 0) is 0 Å². The van der Waals surface area contributed by atoms with Gasteiger partial charge in [0.2, 0.25) is 0 Å². The number of aromatic nitrogens is 2. The summed E-state index contributed by atoms with van der Waals surface area (Å²) < 4.78 is 1.32. The smallest absolute Gasteiger partial charge is 0.267 e. The summed E-state index contributed by atoms with van der Waals surface area (Å²) >= 11 is 1.54. The third-order valence-electron chi connectivity index (χ3n) is 4.77. The number of hydrogen-bond donors (Lipinski definition) is 0. The van der Waals surface area contributed by atoms with E-state index in [2.05, 4.69) is 36.1 Å². The standard InChI is InChI=1S/C23H21N3OS/c1-15(2)18-11-9-17(10-12-18)13-25-26-14-24-22-21(23(26)27)20(16(3)28-22)19-7-5-4-6-8-19/h4-15H,1-3H3/b25-13-. The molecule has 0 aliphatic carbocycles. The van der Waals surface area contributed by atoms with E-state index in [9.17, 15) is 4.79 Å². The molecule has 0 radical (unpaired) electrons. The molecular weight excluding hydrogens is 366 g/mol. The van der Waals surface area contributed by atoms with Crippen LogP contribution >= 0.6 is 11.3 Å². The Labute approximate surface area is 167 Å². The molecule has 0 spiro atoms. The number of rotatable bonds is 4. The highest BCUT2D eigenvalue weighted by atomic mass is 32.1. The van der Waals surface area contributed by atoms with E-state index in [1.54, 1.807) is 6.21 Å². The third kappa shape index (κ3) is 3.41. The number of aryl methyl sites for hydroxylation is 1. The van der Waals surface area contributed by atoms with E-state index >= 15 is 0 Å². The molecule has 0 aliphatic rings. The van der Waals surface area contributed by atoms with Gasteiger partial charge in [-0.15, -0.1) is 11.3 Å². The fourth-order valence-electron chi connectivity index (χ4n) is 3.22. The number of hydrogen-bond acceptors (Lipinski definition) is 4.